The van der Waals surface area contributed by atoms with Crippen molar-refractivity contribution >= 4 is 16.8 Å². The Bertz CT molecular complexity index is 1460. The number of aryl methyl sites for hydroxylation is 1. The molecule has 0 bridgehead atoms. The lowest BCUT2D eigenvalue weighted by Gasteiger charge is -2.32. The third-order valence-electron chi connectivity index (χ3n) is 7.03. The van der Waals surface area contributed by atoms with Gasteiger partial charge in [0.1, 0.15) is 11.6 Å². The van der Waals surface area contributed by atoms with Crippen molar-refractivity contribution in [1.29, 1.82) is 0 Å². The summed E-state index contributed by atoms with van der Waals surface area (Å²) in [6, 6.07) is 22.0. The molecule has 1 amide bonds. The van der Waals surface area contributed by atoms with Crippen LogP contribution in [-0.2, 0) is 4.74 Å². The number of nitrogens with zero attached hydrogens (tertiary/aromatic N) is 3. The number of carbonyl (C=O) groups is 1. The molecule has 4 aromatic rings. The molecule has 0 saturated heterocycles. The number of unbranched alkanes of at least 4 members (excludes halogenated alkanes) is 1. The van der Waals surface area contributed by atoms with Gasteiger partial charge in [-0.15, -0.1) is 0 Å². The highest BCUT2D eigenvalue weighted by Crippen LogP contribution is 2.28. The normalized spacial score (nSPS) is 11.9. The summed E-state index contributed by atoms with van der Waals surface area (Å²) in [4.78, 5) is 34.8. The predicted molar refractivity (Wildman–Crippen MR) is 159 cm³/mol. The summed E-state index contributed by atoms with van der Waals surface area (Å²) < 4.78 is 12.8. The van der Waals surface area contributed by atoms with Gasteiger partial charge in [-0.05, 0) is 74.7 Å². The molecule has 7 heteroatoms. The van der Waals surface area contributed by atoms with E-state index in [4.69, 9.17) is 14.5 Å². The van der Waals surface area contributed by atoms with Crippen molar-refractivity contribution < 1.29 is 14.3 Å². The molecular formula is C33H39N3O4. The molecular weight excluding hydrogens is 502 g/mol. The fourth-order valence-corrected chi connectivity index (χ4v) is 4.83. The topological polar surface area (TPSA) is 73.7 Å². The maximum atomic E-state index is 14.1. The summed E-state index contributed by atoms with van der Waals surface area (Å²) in [5, 5.41) is 0.539. The van der Waals surface area contributed by atoms with Crippen molar-refractivity contribution in [2.45, 2.75) is 52.5 Å². The second-order valence-electron chi connectivity index (χ2n) is 9.96. The molecule has 0 saturated carbocycles. The number of hydrogen-bond acceptors (Lipinski definition) is 5. The molecule has 4 rings (SSSR count). The van der Waals surface area contributed by atoms with E-state index in [2.05, 4.69) is 6.92 Å². The van der Waals surface area contributed by atoms with E-state index in [1.165, 1.54) is 0 Å². The van der Waals surface area contributed by atoms with Crippen LogP contribution in [0.15, 0.2) is 77.6 Å². The molecule has 0 radical (unpaired) electrons. The number of ether oxygens (including phenoxy) is 2. The van der Waals surface area contributed by atoms with Gasteiger partial charge in [0.2, 0.25) is 0 Å². The molecule has 7 nitrogen and oxygen atoms in total. The van der Waals surface area contributed by atoms with Crippen molar-refractivity contribution in [1.82, 2.24) is 14.5 Å². The van der Waals surface area contributed by atoms with Crippen LogP contribution in [0.3, 0.4) is 0 Å². The molecule has 3 aromatic carbocycles. The first-order valence-electron chi connectivity index (χ1n) is 14.1. The summed E-state index contributed by atoms with van der Waals surface area (Å²) >= 11 is 0. The van der Waals surface area contributed by atoms with Gasteiger partial charge in [0.15, 0.2) is 0 Å². The number of aromatic nitrogens is 2. The van der Waals surface area contributed by atoms with Gasteiger partial charge in [0.05, 0.1) is 29.2 Å². The zero-order chi connectivity index (χ0) is 28.5. The third kappa shape index (κ3) is 6.59. The van der Waals surface area contributed by atoms with Crippen LogP contribution in [-0.4, -0.2) is 47.2 Å². The summed E-state index contributed by atoms with van der Waals surface area (Å²) in [7, 11) is 1.65. The highest BCUT2D eigenvalue weighted by atomic mass is 16.5. The molecule has 0 aliphatic carbocycles. The van der Waals surface area contributed by atoms with Crippen molar-refractivity contribution in [3.63, 3.8) is 0 Å². The number of hydrogen-bond donors (Lipinski definition) is 0. The van der Waals surface area contributed by atoms with Gasteiger partial charge in [-0.1, -0.05) is 50.1 Å². The molecule has 1 heterocycles. The van der Waals surface area contributed by atoms with Crippen LogP contribution < -0.4 is 10.3 Å². The fraction of sp³-hybridized carbons (Fsp3) is 0.364. The second-order valence-corrected chi connectivity index (χ2v) is 9.96. The van der Waals surface area contributed by atoms with E-state index in [0.29, 0.717) is 54.9 Å². The zero-order valence-corrected chi connectivity index (χ0v) is 23.9. The number of amides is 1. The summed E-state index contributed by atoms with van der Waals surface area (Å²) in [5.74, 6) is 1.16. The number of rotatable bonds is 13. The first-order chi connectivity index (χ1) is 19.5. The minimum Gasteiger partial charge on any atom is -0.494 e. The first-order valence-corrected chi connectivity index (χ1v) is 14.1. The lowest BCUT2D eigenvalue weighted by atomic mass is 10.1. The van der Waals surface area contributed by atoms with Crippen LogP contribution in [0.5, 0.6) is 5.75 Å². The first kappa shape index (κ1) is 29.0. The molecule has 0 N–H and O–H groups in total. The Morgan fingerprint density at radius 1 is 0.950 bits per heavy atom. The quantitative estimate of drug-likeness (QED) is 0.181. The lowest BCUT2D eigenvalue weighted by Crippen LogP contribution is -2.39. The molecule has 0 aliphatic heterocycles. The van der Waals surface area contributed by atoms with Crippen LogP contribution in [0.4, 0.5) is 0 Å². The molecule has 1 aromatic heterocycles. The summed E-state index contributed by atoms with van der Waals surface area (Å²) in [6.45, 7) is 7.77. The van der Waals surface area contributed by atoms with Gasteiger partial charge in [-0.3, -0.25) is 14.2 Å². The Kier molecular flexibility index (Phi) is 10.1. The van der Waals surface area contributed by atoms with Gasteiger partial charge < -0.3 is 14.4 Å². The Balaban J connectivity index is 1.80. The number of methoxy groups -OCH3 is 1. The summed E-state index contributed by atoms with van der Waals surface area (Å²) in [5.41, 5.74) is 2.84. The van der Waals surface area contributed by atoms with E-state index in [1.807, 2.05) is 73.3 Å². The van der Waals surface area contributed by atoms with Gasteiger partial charge in [0.25, 0.3) is 11.5 Å². The molecule has 40 heavy (non-hydrogen) atoms. The van der Waals surface area contributed by atoms with E-state index in [1.54, 1.807) is 29.9 Å². The number of benzene rings is 3. The average Bonchev–Trinajstić information content (AvgIpc) is 2.98. The van der Waals surface area contributed by atoms with E-state index in [-0.39, 0.29) is 11.5 Å². The SMILES string of the molecule is CCCCOc1ccc(C(=O)N(CCCOC)C(CC)c2nc3ccccc3c(=O)n2-c2ccc(C)cc2)cc1. The van der Waals surface area contributed by atoms with E-state index < -0.39 is 6.04 Å². The van der Waals surface area contributed by atoms with E-state index in [9.17, 15) is 9.59 Å². The van der Waals surface area contributed by atoms with Crippen LogP contribution >= 0.6 is 0 Å². The van der Waals surface area contributed by atoms with Gasteiger partial charge in [-0.2, -0.15) is 0 Å². The van der Waals surface area contributed by atoms with Crippen molar-refractivity contribution in [3.8, 4) is 11.4 Å². The number of carbonyl (C=O) groups excluding carboxylic acids is 1. The van der Waals surface area contributed by atoms with Gasteiger partial charge in [0, 0.05) is 25.8 Å². The molecule has 0 fully saturated rings. The highest BCUT2D eigenvalue weighted by Gasteiger charge is 2.29. The molecule has 0 spiro atoms. The summed E-state index contributed by atoms with van der Waals surface area (Å²) in [6.07, 6.45) is 3.27. The minimum atomic E-state index is -0.441. The van der Waals surface area contributed by atoms with Crippen molar-refractivity contribution in [2.75, 3.05) is 26.9 Å². The molecule has 1 atom stereocenters. The van der Waals surface area contributed by atoms with Crippen LogP contribution in [0.2, 0.25) is 0 Å². The minimum absolute atomic E-state index is 0.124. The van der Waals surface area contributed by atoms with Crippen LogP contribution in [0, 0.1) is 6.92 Å². The Morgan fingerprint density at radius 2 is 1.68 bits per heavy atom. The Labute approximate surface area is 236 Å². The van der Waals surface area contributed by atoms with Crippen LogP contribution in [0.25, 0.3) is 16.6 Å². The van der Waals surface area contributed by atoms with Crippen molar-refractivity contribution in [3.05, 3.63) is 100 Å². The Hall–Kier alpha value is -3.97. The lowest BCUT2D eigenvalue weighted by molar-refractivity contribution is 0.0634. The van der Waals surface area contributed by atoms with Gasteiger partial charge >= 0.3 is 0 Å². The van der Waals surface area contributed by atoms with Crippen molar-refractivity contribution in [2.24, 2.45) is 0 Å². The maximum absolute atomic E-state index is 14.1. The smallest absolute Gasteiger partial charge is 0.266 e. The average molecular weight is 542 g/mol. The monoisotopic (exact) mass is 541 g/mol. The fourth-order valence-electron chi connectivity index (χ4n) is 4.83. The molecule has 210 valence electrons. The van der Waals surface area contributed by atoms with Gasteiger partial charge in [-0.25, -0.2) is 4.98 Å². The molecule has 0 aliphatic rings. The zero-order valence-electron chi connectivity index (χ0n) is 23.9. The second kappa shape index (κ2) is 13.9. The van der Waals surface area contributed by atoms with Crippen LogP contribution in [0.1, 0.15) is 67.3 Å². The third-order valence-corrected chi connectivity index (χ3v) is 7.03. The Morgan fingerprint density at radius 3 is 2.35 bits per heavy atom. The maximum Gasteiger partial charge on any atom is 0.266 e. The predicted octanol–water partition coefficient (Wildman–Crippen LogP) is 6.50. The standard InChI is InChI=1S/C33H39N3O4/c1-5-7-23-40-27-19-15-25(16-20-27)32(37)35(21-10-22-39-4)30(6-2)31-34-29-12-9-8-11-28(29)33(38)36(31)26-17-13-24(3)14-18-26/h8-9,11-20,30H,5-7,10,21-23H2,1-4H3. The largest absolute Gasteiger partial charge is 0.494 e. The van der Waals surface area contributed by atoms with E-state index >= 15 is 0 Å². The number of fused-ring (bicyclic) bond motifs is 1. The molecule has 1 unspecified atom stereocenters. The number of para-hydroxylation sites is 1. The highest BCUT2D eigenvalue weighted by molar-refractivity contribution is 5.94. The van der Waals surface area contributed by atoms with E-state index in [0.717, 1.165) is 29.8 Å².